The zero-order chi connectivity index (χ0) is 15.7. The molecule has 0 aliphatic heterocycles. The molecule has 0 heterocycles. The zero-order valence-corrected chi connectivity index (χ0v) is 13.7. The molecule has 1 aliphatic carbocycles. The Morgan fingerprint density at radius 2 is 1.68 bits per heavy atom. The molecule has 114 valence electrons. The minimum atomic E-state index is -0.947. The van der Waals surface area contributed by atoms with Crippen molar-refractivity contribution in [2.75, 3.05) is 6.26 Å². The van der Waals surface area contributed by atoms with Crippen LogP contribution in [0.4, 0.5) is 4.39 Å². The van der Waals surface area contributed by atoms with Crippen LogP contribution in [0.5, 0.6) is 0 Å². The fourth-order valence-corrected chi connectivity index (χ4v) is 3.69. The summed E-state index contributed by atoms with van der Waals surface area (Å²) < 4.78 is 24.8. The number of benzene rings is 2. The average Bonchev–Trinajstić information content (AvgIpc) is 2.96. The lowest BCUT2D eigenvalue weighted by Gasteiger charge is -2.11. The van der Waals surface area contributed by atoms with Crippen molar-refractivity contribution >= 4 is 21.9 Å². The smallest absolute Gasteiger partial charge is 0.123 e. The molecule has 1 atom stereocenters. The van der Waals surface area contributed by atoms with Crippen LogP contribution < -0.4 is 0 Å². The topological polar surface area (TPSA) is 17.1 Å². The largest absolute Gasteiger partial charge is 0.255 e. The van der Waals surface area contributed by atoms with Gasteiger partial charge in [-0.05, 0) is 78.3 Å². The Kier molecular flexibility index (Phi) is 4.25. The number of hydrogen-bond acceptors (Lipinski definition) is 1. The fourth-order valence-electron chi connectivity index (χ4n) is 3.17. The van der Waals surface area contributed by atoms with Gasteiger partial charge in [0.2, 0.25) is 0 Å². The summed E-state index contributed by atoms with van der Waals surface area (Å²) >= 11 is 0. The molecule has 1 nitrogen and oxygen atoms in total. The van der Waals surface area contributed by atoms with Gasteiger partial charge in [-0.3, -0.25) is 4.21 Å². The van der Waals surface area contributed by atoms with Crippen LogP contribution in [0.25, 0.3) is 11.1 Å². The Labute approximate surface area is 133 Å². The van der Waals surface area contributed by atoms with E-state index in [1.807, 2.05) is 25.1 Å². The Morgan fingerprint density at radius 1 is 1.00 bits per heavy atom. The van der Waals surface area contributed by atoms with Gasteiger partial charge in [0.25, 0.3) is 0 Å². The molecule has 0 fully saturated rings. The lowest BCUT2D eigenvalue weighted by molar-refractivity contribution is 0.626. The summed E-state index contributed by atoms with van der Waals surface area (Å²) in [6, 6.07) is 13.0. The minimum absolute atomic E-state index is 0.184. The Bertz CT molecular complexity index is 760. The van der Waals surface area contributed by atoms with Crippen molar-refractivity contribution < 1.29 is 8.60 Å². The Hall–Kier alpha value is -1.74. The van der Waals surface area contributed by atoms with Gasteiger partial charge in [-0.2, -0.15) is 0 Å². The first-order valence-electron chi connectivity index (χ1n) is 7.48. The second-order valence-electron chi connectivity index (χ2n) is 5.75. The van der Waals surface area contributed by atoms with E-state index in [4.69, 9.17) is 0 Å². The molecule has 0 saturated heterocycles. The van der Waals surface area contributed by atoms with Crippen molar-refractivity contribution in [3.63, 3.8) is 0 Å². The van der Waals surface area contributed by atoms with Crippen LogP contribution in [0.3, 0.4) is 0 Å². The first kappa shape index (κ1) is 15.2. The summed E-state index contributed by atoms with van der Waals surface area (Å²) in [7, 11) is -0.947. The summed E-state index contributed by atoms with van der Waals surface area (Å²) in [4.78, 5) is 0.849. The van der Waals surface area contributed by atoms with Gasteiger partial charge in [0.05, 0.1) is 0 Å². The van der Waals surface area contributed by atoms with Crippen LogP contribution in [0.1, 0.15) is 36.0 Å². The molecular formula is C19H19FOS. The second kappa shape index (κ2) is 6.17. The van der Waals surface area contributed by atoms with Gasteiger partial charge in [0.1, 0.15) is 5.82 Å². The quantitative estimate of drug-likeness (QED) is 0.782. The average molecular weight is 314 g/mol. The maximum absolute atomic E-state index is 13.3. The zero-order valence-electron chi connectivity index (χ0n) is 12.9. The Balaban J connectivity index is 2.05. The van der Waals surface area contributed by atoms with E-state index in [0.717, 1.165) is 35.3 Å². The predicted molar refractivity (Wildman–Crippen MR) is 90.6 cm³/mol. The molecule has 3 rings (SSSR count). The van der Waals surface area contributed by atoms with Crippen molar-refractivity contribution in [3.8, 4) is 0 Å². The molecule has 22 heavy (non-hydrogen) atoms. The van der Waals surface area contributed by atoms with Gasteiger partial charge in [-0.25, -0.2) is 4.39 Å². The molecule has 0 saturated carbocycles. The van der Waals surface area contributed by atoms with Gasteiger partial charge in [-0.1, -0.05) is 18.2 Å². The highest BCUT2D eigenvalue weighted by Crippen LogP contribution is 2.40. The van der Waals surface area contributed by atoms with E-state index in [9.17, 15) is 8.60 Å². The third-order valence-electron chi connectivity index (χ3n) is 4.27. The van der Waals surface area contributed by atoms with Crippen molar-refractivity contribution in [1.82, 2.24) is 0 Å². The van der Waals surface area contributed by atoms with E-state index < -0.39 is 10.8 Å². The molecule has 0 spiro atoms. The molecule has 3 heteroatoms. The molecule has 2 aromatic rings. The molecular weight excluding hydrogens is 295 g/mol. The second-order valence-corrected chi connectivity index (χ2v) is 7.13. The van der Waals surface area contributed by atoms with Crippen LogP contribution in [-0.4, -0.2) is 10.5 Å². The summed E-state index contributed by atoms with van der Waals surface area (Å²) in [6.45, 7) is 1.96. The molecule has 0 N–H and O–H groups in total. The molecule has 0 radical (unpaired) electrons. The number of halogens is 1. The van der Waals surface area contributed by atoms with Crippen molar-refractivity contribution in [3.05, 3.63) is 65.0 Å². The highest BCUT2D eigenvalue weighted by atomic mass is 32.2. The van der Waals surface area contributed by atoms with Crippen molar-refractivity contribution in [2.24, 2.45) is 0 Å². The highest BCUT2D eigenvalue weighted by Gasteiger charge is 2.19. The summed E-state index contributed by atoms with van der Waals surface area (Å²) in [5.41, 5.74) is 5.98. The molecule has 1 aliphatic rings. The van der Waals surface area contributed by atoms with Crippen molar-refractivity contribution in [2.45, 2.75) is 31.1 Å². The first-order chi connectivity index (χ1) is 10.6. The number of allylic oxidation sites excluding steroid dienone is 2. The molecule has 0 amide bonds. The van der Waals surface area contributed by atoms with E-state index in [-0.39, 0.29) is 5.82 Å². The fraction of sp³-hybridized carbons (Fsp3) is 0.263. The standard InChI is InChI=1S/C19H19FOS/c1-13-12-15(20)8-11-17(13)19-5-3-4-18(19)14-6-9-16(10-7-14)22(2)21/h6-12H,3-5H2,1-2H3. The van der Waals surface area contributed by atoms with E-state index >= 15 is 0 Å². The van der Waals surface area contributed by atoms with Crippen LogP contribution >= 0.6 is 0 Å². The molecule has 0 bridgehead atoms. The van der Waals surface area contributed by atoms with Gasteiger partial charge >= 0.3 is 0 Å². The summed E-state index contributed by atoms with van der Waals surface area (Å²) in [6.07, 6.45) is 4.89. The number of aryl methyl sites for hydroxylation is 1. The highest BCUT2D eigenvalue weighted by molar-refractivity contribution is 7.84. The van der Waals surface area contributed by atoms with Gasteiger partial charge < -0.3 is 0 Å². The van der Waals surface area contributed by atoms with Gasteiger partial charge in [0, 0.05) is 22.0 Å². The summed E-state index contributed by atoms with van der Waals surface area (Å²) in [5, 5.41) is 0. The number of rotatable bonds is 3. The maximum Gasteiger partial charge on any atom is 0.123 e. The SMILES string of the molecule is Cc1cc(F)ccc1C1=C(c2ccc(S(C)=O)cc2)CCC1. The maximum atomic E-state index is 13.3. The number of hydrogen-bond donors (Lipinski definition) is 0. The third-order valence-corrected chi connectivity index (χ3v) is 5.20. The third kappa shape index (κ3) is 2.91. The Morgan fingerprint density at radius 3 is 2.32 bits per heavy atom. The minimum Gasteiger partial charge on any atom is -0.255 e. The van der Waals surface area contributed by atoms with E-state index in [1.165, 1.54) is 22.8 Å². The van der Waals surface area contributed by atoms with E-state index in [0.29, 0.717) is 0 Å². The molecule has 2 aromatic carbocycles. The summed E-state index contributed by atoms with van der Waals surface area (Å²) in [5.74, 6) is -0.184. The molecule has 0 aromatic heterocycles. The normalized spacial score (nSPS) is 16.1. The lowest BCUT2D eigenvalue weighted by atomic mass is 9.94. The first-order valence-corrected chi connectivity index (χ1v) is 9.04. The van der Waals surface area contributed by atoms with Gasteiger partial charge in [0.15, 0.2) is 0 Å². The van der Waals surface area contributed by atoms with Crippen molar-refractivity contribution in [1.29, 1.82) is 0 Å². The predicted octanol–water partition coefficient (Wildman–Crippen LogP) is 4.97. The van der Waals surface area contributed by atoms with Gasteiger partial charge in [-0.15, -0.1) is 0 Å². The monoisotopic (exact) mass is 314 g/mol. The van der Waals surface area contributed by atoms with Crippen LogP contribution in [0.15, 0.2) is 47.4 Å². The molecule has 1 unspecified atom stereocenters. The van der Waals surface area contributed by atoms with Crippen LogP contribution in [0, 0.1) is 12.7 Å². The van der Waals surface area contributed by atoms with Crippen LogP contribution in [-0.2, 0) is 10.8 Å². The van der Waals surface area contributed by atoms with Crippen LogP contribution in [0.2, 0.25) is 0 Å². The van der Waals surface area contributed by atoms with E-state index in [2.05, 4.69) is 12.1 Å². The lowest BCUT2D eigenvalue weighted by Crippen LogP contribution is -1.92. The van der Waals surface area contributed by atoms with E-state index in [1.54, 1.807) is 12.3 Å².